The average Bonchev–Trinajstić information content (AvgIpc) is 3.31. The van der Waals surface area contributed by atoms with Gasteiger partial charge in [0.1, 0.15) is 5.82 Å². The molecule has 0 unspecified atom stereocenters. The molecular weight excluding hydrogens is 344 g/mol. The van der Waals surface area contributed by atoms with Crippen LogP contribution in [0.15, 0.2) is 35.5 Å². The zero-order valence-corrected chi connectivity index (χ0v) is 16.5. The van der Waals surface area contributed by atoms with Crippen LogP contribution in [0.5, 0.6) is 0 Å². The number of carbonyl (C=O) groups is 1. The molecule has 0 bridgehead atoms. The van der Waals surface area contributed by atoms with E-state index in [0.29, 0.717) is 17.5 Å². The lowest BCUT2D eigenvalue weighted by Gasteiger charge is -2.26. The van der Waals surface area contributed by atoms with Crippen molar-refractivity contribution >= 4 is 17.7 Å². The molecule has 0 spiro atoms. The van der Waals surface area contributed by atoms with Gasteiger partial charge in [-0.25, -0.2) is 4.98 Å². The van der Waals surface area contributed by atoms with Crippen LogP contribution in [0.2, 0.25) is 0 Å². The van der Waals surface area contributed by atoms with Crippen LogP contribution in [-0.2, 0) is 17.8 Å². The predicted octanol–water partition coefficient (Wildman–Crippen LogP) is 4.07. The highest BCUT2D eigenvalue weighted by Crippen LogP contribution is 2.27. The summed E-state index contributed by atoms with van der Waals surface area (Å²) >= 11 is 1.42. The van der Waals surface area contributed by atoms with E-state index < -0.39 is 0 Å². The van der Waals surface area contributed by atoms with E-state index in [9.17, 15) is 4.79 Å². The van der Waals surface area contributed by atoms with E-state index in [2.05, 4.69) is 41.2 Å². The first-order chi connectivity index (χ1) is 12.6. The Hall–Kier alpha value is -1.82. The molecule has 1 aromatic heterocycles. The summed E-state index contributed by atoms with van der Waals surface area (Å²) in [6.45, 7) is 4.74. The number of H-pyrrole nitrogens is 1. The monoisotopic (exact) mass is 372 g/mol. The van der Waals surface area contributed by atoms with E-state index in [1.807, 2.05) is 23.1 Å². The SMILES string of the molecule is CC(C)N(Cc1ccccc1)C(=O)CSc1n[nH]c(CC2CCCC2)n1. The molecule has 0 aliphatic heterocycles. The van der Waals surface area contributed by atoms with Crippen molar-refractivity contribution in [2.75, 3.05) is 5.75 Å². The van der Waals surface area contributed by atoms with E-state index in [1.165, 1.54) is 37.4 Å². The van der Waals surface area contributed by atoms with Crippen molar-refractivity contribution < 1.29 is 4.79 Å². The van der Waals surface area contributed by atoms with Crippen molar-refractivity contribution in [2.45, 2.75) is 63.7 Å². The van der Waals surface area contributed by atoms with Crippen molar-refractivity contribution in [3.63, 3.8) is 0 Å². The Morgan fingerprint density at radius 2 is 2.00 bits per heavy atom. The minimum Gasteiger partial charge on any atom is -0.335 e. The van der Waals surface area contributed by atoms with Crippen molar-refractivity contribution in [1.29, 1.82) is 0 Å². The normalized spacial score (nSPS) is 14.9. The molecule has 1 aliphatic rings. The number of nitrogens with one attached hydrogen (secondary N) is 1. The van der Waals surface area contributed by atoms with Gasteiger partial charge in [-0.2, -0.15) is 0 Å². The molecule has 140 valence electrons. The number of hydrogen-bond acceptors (Lipinski definition) is 4. The second kappa shape index (κ2) is 9.21. The molecule has 6 heteroatoms. The van der Waals surface area contributed by atoms with Gasteiger partial charge in [-0.1, -0.05) is 67.8 Å². The van der Waals surface area contributed by atoms with E-state index >= 15 is 0 Å². The molecular formula is C20H28N4OS. The molecule has 1 aromatic carbocycles. The van der Waals surface area contributed by atoms with Gasteiger partial charge in [0, 0.05) is 19.0 Å². The molecule has 0 radical (unpaired) electrons. The fourth-order valence-corrected chi connectivity index (χ4v) is 4.17. The zero-order chi connectivity index (χ0) is 18.4. The first-order valence-corrected chi connectivity index (χ1v) is 10.5. The highest BCUT2D eigenvalue weighted by molar-refractivity contribution is 7.99. The van der Waals surface area contributed by atoms with Crippen LogP contribution in [0.25, 0.3) is 0 Å². The predicted molar refractivity (Wildman–Crippen MR) is 105 cm³/mol. The lowest BCUT2D eigenvalue weighted by Crippen LogP contribution is -2.37. The maximum absolute atomic E-state index is 12.7. The highest BCUT2D eigenvalue weighted by atomic mass is 32.2. The maximum atomic E-state index is 12.7. The minimum atomic E-state index is 0.121. The van der Waals surface area contributed by atoms with Crippen LogP contribution in [-0.4, -0.2) is 37.8 Å². The standard InChI is InChI=1S/C20H28N4OS/c1-15(2)24(13-17-10-4-3-5-11-17)19(25)14-26-20-21-18(22-23-20)12-16-8-6-7-9-16/h3-5,10-11,15-16H,6-9,12-14H2,1-2H3,(H,21,22,23). The molecule has 26 heavy (non-hydrogen) atoms. The van der Waals surface area contributed by atoms with E-state index in [4.69, 9.17) is 0 Å². The van der Waals surface area contributed by atoms with Gasteiger partial charge in [0.2, 0.25) is 11.1 Å². The van der Waals surface area contributed by atoms with Gasteiger partial charge >= 0.3 is 0 Å². The number of aromatic nitrogens is 3. The van der Waals surface area contributed by atoms with E-state index in [0.717, 1.165) is 23.7 Å². The molecule has 1 N–H and O–H groups in total. The van der Waals surface area contributed by atoms with Gasteiger partial charge in [0.05, 0.1) is 5.75 Å². The van der Waals surface area contributed by atoms with Crippen LogP contribution in [0.3, 0.4) is 0 Å². The Labute approximate surface area is 160 Å². The van der Waals surface area contributed by atoms with Crippen LogP contribution in [0, 0.1) is 5.92 Å². The second-order valence-electron chi connectivity index (χ2n) is 7.31. The Morgan fingerprint density at radius 1 is 1.27 bits per heavy atom. The summed E-state index contributed by atoms with van der Waals surface area (Å²) in [5.74, 6) is 2.18. The summed E-state index contributed by atoms with van der Waals surface area (Å²) < 4.78 is 0. The number of nitrogens with zero attached hydrogens (tertiary/aromatic N) is 3. The summed E-state index contributed by atoms with van der Waals surface area (Å²) in [6, 6.07) is 10.3. The van der Waals surface area contributed by atoms with Crippen LogP contribution in [0.1, 0.15) is 50.9 Å². The number of aromatic amines is 1. The molecule has 1 amide bonds. The molecule has 1 heterocycles. The number of amides is 1. The molecule has 1 aliphatic carbocycles. The molecule has 1 fully saturated rings. The number of rotatable bonds is 8. The Bertz CT molecular complexity index is 695. The van der Waals surface area contributed by atoms with Gasteiger partial charge in [0.15, 0.2) is 0 Å². The third-order valence-electron chi connectivity index (χ3n) is 4.93. The third-order valence-corrected chi connectivity index (χ3v) is 5.76. The lowest BCUT2D eigenvalue weighted by molar-refractivity contribution is -0.130. The first-order valence-electron chi connectivity index (χ1n) is 9.49. The first kappa shape index (κ1) is 19.0. The Kier molecular flexibility index (Phi) is 6.72. The van der Waals surface area contributed by atoms with Crippen molar-refractivity contribution in [3.05, 3.63) is 41.7 Å². The summed E-state index contributed by atoms with van der Waals surface area (Å²) in [4.78, 5) is 19.2. The van der Waals surface area contributed by atoms with Gasteiger partial charge in [0.25, 0.3) is 0 Å². The van der Waals surface area contributed by atoms with E-state index in [-0.39, 0.29) is 11.9 Å². The fourth-order valence-electron chi connectivity index (χ4n) is 3.47. The van der Waals surface area contributed by atoms with Gasteiger partial charge < -0.3 is 4.90 Å². The number of thioether (sulfide) groups is 1. The molecule has 3 rings (SSSR count). The van der Waals surface area contributed by atoms with Crippen molar-refractivity contribution in [3.8, 4) is 0 Å². The number of hydrogen-bond donors (Lipinski definition) is 1. The molecule has 1 saturated carbocycles. The molecule has 0 atom stereocenters. The number of benzene rings is 1. The third kappa shape index (κ3) is 5.34. The average molecular weight is 373 g/mol. The Morgan fingerprint density at radius 3 is 2.69 bits per heavy atom. The summed E-state index contributed by atoms with van der Waals surface area (Å²) in [5, 5.41) is 7.99. The minimum absolute atomic E-state index is 0.121. The van der Waals surface area contributed by atoms with Crippen molar-refractivity contribution in [2.24, 2.45) is 5.92 Å². The second-order valence-corrected chi connectivity index (χ2v) is 8.25. The molecule has 5 nitrogen and oxygen atoms in total. The fraction of sp³-hybridized carbons (Fsp3) is 0.550. The Balaban J connectivity index is 1.52. The summed E-state index contributed by atoms with van der Waals surface area (Å²) in [6.07, 6.45) is 6.24. The molecule has 2 aromatic rings. The van der Waals surface area contributed by atoms with Crippen LogP contribution < -0.4 is 0 Å². The van der Waals surface area contributed by atoms with Gasteiger partial charge in [-0.15, -0.1) is 5.10 Å². The largest absolute Gasteiger partial charge is 0.335 e. The van der Waals surface area contributed by atoms with Crippen LogP contribution in [0.4, 0.5) is 0 Å². The lowest BCUT2D eigenvalue weighted by atomic mass is 10.0. The van der Waals surface area contributed by atoms with E-state index in [1.54, 1.807) is 0 Å². The van der Waals surface area contributed by atoms with Crippen molar-refractivity contribution in [1.82, 2.24) is 20.1 Å². The van der Waals surface area contributed by atoms with Gasteiger partial charge in [-0.05, 0) is 25.3 Å². The quantitative estimate of drug-likeness (QED) is 0.710. The maximum Gasteiger partial charge on any atom is 0.233 e. The smallest absolute Gasteiger partial charge is 0.233 e. The summed E-state index contributed by atoms with van der Waals surface area (Å²) in [7, 11) is 0. The topological polar surface area (TPSA) is 61.9 Å². The van der Waals surface area contributed by atoms with Crippen LogP contribution >= 0.6 is 11.8 Å². The zero-order valence-electron chi connectivity index (χ0n) is 15.6. The van der Waals surface area contributed by atoms with Gasteiger partial charge in [-0.3, -0.25) is 9.89 Å². The summed E-state index contributed by atoms with van der Waals surface area (Å²) in [5.41, 5.74) is 1.15. The number of carbonyl (C=O) groups excluding carboxylic acids is 1. The highest BCUT2D eigenvalue weighted by Gasteiger charge is 2.20. The molecule has 0 saturated heterocycles.